The van der Waals surface area contributed by atoms with Crippen LogP contribution in [0.2, 0.25) is 0 Å². The number of hydrogen-bond acceptors (Lipinski definition) is 4. The minimum Gasteiger partial charge on any atom is -0.396 e. The third kappa shape index (κ3) is 4.59. The minimum absolute atomic E-state index is 0.0437. The van der Waals surface area contributed by atoms with E-state index in [4.69, 9.17) is 5.73 Å². The minimum atomic E-state index is -4.41. The lowest BCUT2D eigenvalue weighted by molar-refractivity contribution is -0.137. The SMILES string of the molecule is CN(C)CCCN(C)c1ncc(C(F)(F)F)cc1N. The Morgan fingerprint density at radius 2 is 1.84 bits per heavy atom. The lowest BCUT2D eigenvalue weighted by Crippen LogP contribution is -2.25. The molecule has 0 aliphatic rings. The maximum Gasteiger partial charge on any atom is 0.417 e. The highest BCUT2D eigenvalue weighted by Crippen LogP contribution is 2.32. The number of pyridine rings is 1. The van der Waals surface area contributed by atoms with Gasteiger partial charge in [-0.25, -0.2) is 4.98 Å². The van der Waals surface area contributed by atoms with Crippen LogP contribution in [0.25, 0.3) is 0 Å². The number of nitrogens with zero attached hydrogens (tertiary/aromatic N) is 3. The zero-order chi connectivity index (χ0) is 14.6. The standard InChI is InChI=1S/C12H19F3N4/c1-18(2)5-4-6-19(3)11-10(16)7-9(8-17-11)12(13,14)15/h7-8H,4-6,16H2,1-3H3. The Balaban J connectivity index is 2.73. The second kappa shape index (κ2) is 6.10. The van der Waals surface area contributed by atoms with Gasteiger partial charge in [-0.1, -0.05) is 0 Å². The first kappa shape index (κ1) is 15.6. The number of anilines is 2. The number of rotatable bonds is 5. The van der Waals surface area contributed by atoms with E-state index in [-0.39, 0.29) is 5.69 Å². The summed E-state index contributed by atoms with van der Waals surface area (Å²) in [7, 11) is 5.69. The van der Waals surface area contributed by atoms with Crippen molar-refractivity contribution in [2.75, 3.05) is 44.9 Å². The second-order valence-corrected chi connectivity index (χ2v) is 4.71. The predicted molar refractivity (Wildman–Crippen MR) is 70.1 cm³/mol. The molecule has 1 aromatic heterocycles. The van der Waals surface area contributed by atoms with Gasteiger partial charge >= 0.3 is 6.18 Å². The molecule has 0 spiro atoms. The van der Waals surface area contributed by atoms with Crippen LogP contribution in [-0.2, 0) is 6.18 Å². The van der Waals surface area contributed by atoms with Crippen LogP contribution < -0.4 is 10.6 Å². The predicted octanol–water partition coefficient (Wildman–Crippen LogP) is 2.07. The molecule has 0 saturated heterocycles. The molecule has 19 heavy (non-hydrogen) atoms. The van der Waals surface area contributed by atoms with Crippen LogP contribution in [0.1, 0.15) is 12.0 Å². The van der Waals surface area contributed by atoms with Crippen molar-refractivity contribution in [1.29, 1.82) is 0 Å². The first-order chi connectivity index (χ1) is 8.71. The Labute approximate surface area is 111 Å². The molecule has 0 bridgehead atoms. The van der Waals surface area contributed by atoms with E-state index in [0.29, 0.717) is 12.4 Å². The smallest absolute Gasteiger partial charge is 0.396 e. The van der Waals surface area contributed by atoms with Crippen LogP contribution >= 0.6 is 0 Å². The normalized spacial score (nSPS) is 11.9. The number of nitrogen functional groups attached to an aromatic ring is 1. The topological polar surface area (TPSA) is 45.4 Å². The van der Waals surface area contributed by atoms with E-state index in [1.165, 1.54) is 0 Å². The summed E-state index contributed by atoms with van der Waals surface area (Å²) >= 11 is 0. The van der Waals surface area contributed by atoms with Gasteiger partial charge in [-0.3, -0.25) is 0 Å². The van der Waals surface area contributed by atoms with Crippen LogP contribution in [-0.4, -0.2) is 44.1 Å². The zero-order valence-electron chi connectivity index (χ0n) is 11.3. The Morgan fingerprint density at radius 1 is 1.21 bits per heavy atom. The van der Waals surface area contributed by atoms with E-state index in [1.807, 2.05) is 19.0 Å². The third-order valence-electron chi connectivity index (χ3n) is 2.68. The average Bonchev–Trinajstić information content (AvgIpc) is 2.26. The number of aromatic nitrogens is 1. The van der Waals surface area contributed by atoms with Crippen molar-refractivity contribution in [1.82, 2.24) is 9.88 Å². The highest BCUT2D eigenvalue weighted by molar-refractivity contribution is 5.63. The molecule has 0 atom stereocenters. The van der Waals surface area contributed by atoms with Crippen molar-refractivity contribution in [3.05, 3.63) is 17.8 Å². The Bertz CT molecular complexity index is 418. The molecule has 0 aliphatic carbocycles. The van der Waals surface area contributed by atoms with Crippen molar-refractivity contribution in [2.45, 2.75) is 12.6 Å². The molecule has 0 aromatic carbocycles. The van der Waals surface area contributed by atoms with Gasteiger partial charge in [-0.15, -0.1) is 0 Å². The third-order valence-corrected chi connectivity index (χ3v) is 2.68. The van der Waals surface area contributed by atoms with Gasteiger partial charge in [0.1, 0.15) is 0 Å². The summed E-state index contributed by atoms with van der Waals surface area (Å²) in [6.45, 7) is 1.58. The summed E-state index contributed by atoms with van der Waals surface area (Å²) in [4.78, 5) is 7.61. The second-order valence-electron chi connectivity index (χ2n) is 4.71. The summed E-state index contributed by atoms with van der Waals surface area (Å²) in [5, 5.41) is 0. The number of nitrogens with two attached hydrogens (primary N) is 1. The van der Waals surface area contributed by atoms with E-state index >= 15 is 0 Å². The van der Waals surface area contributed by atoms with Crippen molar-refractivity contribution < 1.29 is 13.2 Å². The molecule has 1 aromatic rings. The van der Waals surface area contributed by atoms with Gasteiger partial charge in [0.15, 0.2) is 5.82 Å². The van der Waals surface area contributed by atoms with Gasteiger partial charge in [0.25, 0.3) is 0 Å². The lowest BCUT2D eigenvalue weighted by Gasteiger charge is -2.21. The summed E-state index contributed by atoms with van der Waals surface area (Å²) in [6.07, 6.45) is -2.72. The Morgan fingerprint density at radius 3 is 2.32 bits per heavy atom. The molecule has 4 nitrogen and oxygen atoms in total. The van der Waals surface area contributed by atoms with Crippen molar-refractivity contribution >= 4 is 11.5 Å². The van der Waals surface area contributed by atoms with E-state index in [1.54, 1.807) is 11.9 Å². The fourth-order valence-corrected chi connectivity index (χ4v) is 1.68. The molecule has 1 rings (SSSR count). The van der Waals surface area contributed by atoms with Crippen molar-refractivity contribution in [2.24, 2.45) is 0 Å². The van der Waals surface area contributed by atoms with Gasteiger partial charge in [0.2, 0.25) is 0 Å². The maximum absolute atomic E-state index is 12.5. The van der Waals surface area contributed by atoms with E-state index in [2.05, 4.69) is 4.98 Å². The highest BCUT2D eigenvalue weighted by Gasteiger charge is 2.31. The molecule has 0 radical (unpaired) electrons. The molecule has 1 heterocycles. The van der Waals surface area contributed by atoms with E-state index in [9.17, 15) is 13.2 Å². The van der Waals surface area contributed by atoms with Gasteiger partial charge in [0.05, 0.1) is 11.3 Å². The van der Waals surface area contributed by atoms with Gasteiger partial charge in [0, 0.05) is 19.8 Å². The van der Waals surface area contributed by atoms with E-state index in [0.717, 1.165) is 25.2 Å². The maximum atomic E-state index is 12.5. The quantitative estimate of drug-likeness (QED) is 0.894. The summed E-state index contributed by atoms with van der Waals surface area (Å²) < 4.78 is 37.4. The summed E-state index contributed by atoms with van der Waals surface area (Å²) in [5.41, 5.74) is 4.86. The summed E-state index contributed by atoms with van der Waals surface area (Å²) in [5.74, 6) is 0.381. The number of alkyl halides is 3. The van der Waals surface area contributed by atoms with Crippen LogP contribution in [0, 0.1) is 0 Å². The largest absolute Gasteiger partial charge is 0.417 e. The molecular weight excluding hydrogens is 257 g/mol. The number of hydrogen-bond donors (Lipinski definition) is 1. The van der Waals surface area contributed by atoms with Crippen LogP contribution in [0.5, 0.6) is 0 Å². The molecule has 7 heteroatoms. The number of halogens is 3. The lowest BCUT2D eigenvalue weighted by atomic mass is 10.2. The average molecular weight is 276 g/mol. The Kier molecular flexibility index (Phi) is 4.99. The van der Waals surface area contributed by atoms with Crippen LogP contribution in [0.3, 0.4) is 0 Å². The van der Waals surface area contributed by atoms with Crippen molar-refractivity contribution in [3.63, 3.8) is 0 Å². The van der Waals surface area contributed by atoms with Crippen LogP contribution in [0.15, 0.2) is 12.3 Å². The molecule has 0 aliphatic heterocycles. The molecule has 108 valence electrons. The van der Waals surface area contributed by atoms with E-state index < -0.39 is 11.7 Å². The first-order valence-corrected chi connectivity index (χ1v) is 5.90. The summed E-state index contributed by atoms with van der Waals surface area (Å²) in [6, 6.07) is 0.921. The fourth-order valence-electron chi connectivity index (χ4n) is 1.68. The molecule has 0 saturated carbocycles. The molecule has 0 unspecified atom stereocenters. The first-order valence-electron chi connectivity index (χ1n) is 5.90. The highest BCUT2D eigenvalue weighted by atomic mass is 19.4. The molecule has 0 amide bonds. The zero-order valence-corrected chi connectivity index (χ0v) is 11.3. The Hall–Kier alpha value is -1.50. The monoisotopic (exact) mass is 276 g/mol. The van der Waals surface area contributed by atoms with Gasteiger partial charge < -0.3 is 15.5 Å². The van der Waals surface area contributed by atoms with Gasteiger partial charge in [-0.05, 0) is 33.1 Å². The molecule has 0 fully saturated rings. The van der Waals surface area contributed by atoms with Crippen LogP contribution in [0.4, 0.5) is 24.7 Å². The molecule has 2 N–H and O–H groups in total. The fraction of sp³-hybridized carbons (Fsp3) is 0.583. The van der Waals surface area contributed by atoms with Gasteiger partial charge in [-0.2, -0.15) is 13.2 Å². The van der Waals surface area contributed by atoms with Crippen molar-refractivity contribution in [3.8, 4) is 0 Å². The molecular formula is C12H19F3N4.